The van der Waals surface area contributed by atoms with Gasteiger partial charge in [-0.25, -0.2) is 0 Å². The van der Waals surface area contributed by atoms with Crippen molar-refractivity contribution in [3.05, 3.63) is 29.7 Å². The lowest BCUT2D eigenvalue weighted by Crippen LogP contribution is -2.41. The zero-order valence-corrected chi connectivity index (χ0v) is 13.0. The van der Waals surface area contributed by atoms with Gasteiger partial charge in [0.1, 0.15) is 6.10 Å². The van der Waals surface area contributed by atoms with Crippen LogP contribution in [0.3, 0.4) is 0 Å². The van der Waals surface area contributed by atoms with E-state index in [0.29, 0.717) is 17.6 Å². The number of aryl methyl sites for hydroxylation is 2. The summed E-state index contributed by atoms with van der Waals surface area (Å²) in [7, 11) is 1.95. The third-order valence-corrected chi connectivity index (χ3v) is 4.63. The Labute approximate surface area is 129 Å². The highest BCUT2D eigenvalue weighted by molar-refractivity contribution is 5.05. The fraction of sp³-hybridized carbons (Fsp3) is 0.667. The summed E-state index contributed by atoms with van der Waals surface area (Å²) in [6.45, 7) is 4.82. The maximum absolute atomic E-state index is 6.19. The van der Waals surface area contributed by atoms with Gasteiger partial charge in [-0.2, -0.15) is 10.1 Å². The summed E-state index contributed by atoms with van der Waals surface area (Å²) in [4.78, 5) is 6.76. The SMILES string of the molecule is Cc1nc([C@@H]2C[C@H]3CCN(Cc4cnn(C)c4)C[C@@H]3O2)no1. The van der Waals surface area contributed by atoms with Gasteiger partial charge in [-0.1, -0.05) is 5.16 Å². The molecular weight excluding hydrogens is 282 g/mol. The van der Waals surface area contributed by atoms with Gasteiger partial charge >= 0.3 is 0 Å². The number of aromatic nitrogens is 4. The molecule has 0 unspecified atom stereocenters. The van der Waals surface area contributed by atoms with E-state index in [-0.39, 0.29) is 12.2 Å². The molecule has 4 rings (SSSR count). The molecule has 0 N–H and O–H groups in total. The van der Waals surface area contributed by atoms with Crippen LogP contribution < -0.4 is 0 Å². The van der Waals surface area contributed by atoms with E-state index in [4.69, 9.17) is 9.26 Å². The summed E-state index contributed by atoms with van der Waals surface area (Å²) in [6.07, 6.45) is 6.45. The van der Waals surface area contributed by atoms with Crippen molar-refractivity contribution >= 4 is 0 Å². The van der Waals surface area contributed by atoms with Gasteiger partial charge in [0.05, 0.1) is 12.3 Å². The molecule has 2 aliphatic rings. The molecule has 2 saturated heterocycles. The molecule has 7 nitrogen and oxygen atoms in total. The first-order valence-electron chi connectivity index (χ1n) is 7.83. The van der Waals surface area contributed by atoms with E-state index in [1.807, 2.05) is 24.9 Å². The summed E-state index contributed by atoms with van der Waals surface area (Å²) in [5.41, 5.74) is 1.25. The van der Waals surface area contributed by atoms with Gasteiger partial charge in [0.25, 0.3) is 0 Å². The van der Waals surface area contributed by atoms with E-state index < -0.39 is 0 Å². The van der Waals surface area contributed by atoms with Gasteiger partial charge < -0.3 is 9.26 Å². The lowest BCUT2D eigenvalue weighted by Gasteiger charge is -2.33. The lowest BCUT2D eigenvalue weighted by atomic mass is 9.91. The summed E-state index contributed by atoms with van der Waals surface area (Å²) in [5, 5.41) is 8.24. The van der Waals surface area contributed by atoms with Gasteiger partial charge in [-0.05, 0) is 25.3 Å². The molecule has 0 radical (unpaired) electrons. The monoisotopic (exact) mass is 303 g/mol. The molecule has 0 bridgehead atoms. The van der Waals surface area contributed by atoms with Gasteiger partial charge in [0.15, 0.2) is 0 Å². The van der Waals surface area contributed by atoms with Crippen LogP contribution in [0.25, 0.3) is 0 Å². The van der Waals surface area contributed by atoms with Crippen molar-refractivity contribution in [2.45, 2.75) is 38.5 Å². The Morgan fingerprint density at radius 1 is 1.41 bits per heavy atom. The molecule has 0 aromatic carbocycles. The van der Waals surface area contributed by atoms with Crippen LogP contribution in [0.15, 0.2) is 16.9 Å². The van der Waals surface area contributed by atoms with Crippen molar-refractivity contribution < 1.29 is 9.26 Å². The number of fused-ring (bicyclic) bond motifs is 1. The molecule has 0 saturated carbocycles. The van der Waals surface area contributed by atoms with Crippen molar-refractivity contribution in [2.75, 3.05) is 13.1 Å². The summed E-state index contributed by atoms with van der Waals surface area (Å²) in [5.74, 6) is 1.91. The molecule has 2 aliphatic heterocycles. The normalized spacial score (nSPS) is 28.9. The largest absolute Gasteiger partial charge is 0.365 e. The van der Waals surface area contributed by atoms with E-state index in [1.54, 1.807) is 0 Å². The second-order valence-electron chi connectivity index (χ2n) is 6.38. The van der Waals surface area contributed by atoms with Crippen LogP contribution in [-0.4, -0.2) is 44.0 Å². The molecule has 2 aromatic rings. The van der Waals surface area contributed by atoms with E-state index in [0.717, 1.165) is 32.5 Å². The van der Waals surface area contributed by atoms with Crippen molar-refractivity contribution in [1.82, 2.24) is 24.8 Å². The number of nitrogens with zero attached hydrogens (tertiary/aromatic N) is 5. The van der Waals surface area contributed by atoms with E-state index in [9.17, 15) is 0 Å². The van der Waals surface area contributed by atoms with E-state index in [2.05, 4.69) is 26.3 Å². The number of hydrogen-bond acceptors (Lipinski definition) is 6. The van der Waals surface area contributed by atoms with Crippen LogP contribution in [0.1, 0.15) is 36.2 Å². The predicted octanol–water partition coefficient (Wildman–Crippen LogP) is 1.46. The van der Waals surface area contributed by atoms with Crippen molar-refractivity contribution in [3.8, 4) is 0 Å². The minimum Gasteiger partial charge on any atom is -0.365 e. The number of piperidine rings is 1. The molecule has 22 heavy (non-hydrogen) atoms. The first-order chi connectivity index (χ1) is 10.7. The molecule has 118 valence electrons. The zero-order chi connectivity index (χ0) is 15.1. The van der Waals surface area contributed by atoms with Crippen LogP contribution in [0.2, 0.25) is 0 Å². The van der Waals surface area contributed by atoms with E-state index in [1.165, 1.54) is 5.56 Å². The maximum Gasteiger partial charge on any atom is 0.223 e. The topological polar surface area (TPSA) is 69.2 Å². The molecule has 3 atom stereocenters. The fourth-order valence-corrected chi connectivity index (χ4v) is 3.56. The van der Waals surface area contributed by atoms with Crippen molar-refractivity contribution in [1.29, 1.82) is 0 Å². The Morgan fingerprint density at radius 2 is 2.32 bits per heavy atom. The third kappa shape index (κ3) is 2.66. The second kappa shape index (κ2) is 5.48. The van der Waals surface area contributed by atoms with Gasteiger partial charge in [0, 0.05) is 38.8 Å². The van der Waals surface area contributed by atoms with Crippen LogP contribution in [0.4, 0.5) is 0 Å². The Kier molecular flexibility index (Phi) is 3.46. The second-order valence-corrected chi connectivity index (χ2v) is 6.38. The first-order valence-corrected chi connectivity index (χ1v) is 7.83. The lowest BCUT2D eigenvalue weighted by molar-refractivity contribution is -0.0125. The van der Waals surface area contributed by atoms with Crippen LogP contribution in [-0.2, 0) is 18.3 Å². The average molecular weight is 303 g/mol. The van der Waals surface area contributed by atoms with Gasteiger partial charge in [0.2, 0.25) is 11.7 Å². The number of rotatable bonds is 3. The molecule has 0 spiro atoms. The highest BCUT2D eigenvalue weighted by atomic mass is 16.5. The Hall–Kier alpha value is -1.73. The third-order valence-electron chi connectivity index (χ3n) is 4.63. The highest BCUT2D eigenvalue weighted by Crippen LogP contribution is 2.40. The number of hydrogen-bond donors (Lipinski definition) is 0. The molecule has 0 aliphatic carbocycles. The molecule has 0 amide bonds. The molecule has 2 aromatic heterocycles. The Bertz CT molecular complexity index is 652. The minimum atomic E-state index is -0.00853. The summed E-state index contributed by atoms with van der Waals surface area (Å²) < 4.78 is 13.1. The zero-order valence-electron chi connectivity index (χ0n) is 13.0. The number of likely N-dealkylation sites (tertiary alicyclic amines) is 1. The van der Waals surface area contributed by atoms with Crippen LogP contribution in [0, 0.1) is 12.8 Å². The quantitative estimate of drug-likeness (QED) is 0.855. The predicted molar refractivity (Wildman–Crippen MR) is 77.9 cm³/mol. The van der Waals surface area contributed by atoms with Crippen molar-refractivity contribution in [3.63, 3.8) is 0 Å². The Morgan fingerprint density at radius 3 is 3.05 bits per heavy atom. The standard InChI is InChI=1S/C15H21N5O2/c1-10-17-15(18-22-10)13-5-12-3-4-20(9-14(12)21-13)8-11-6-16-19(2)7-11/h6-7,12-14H,3-5,8-9H2,1-2H3/t12-,13+,14+/m1/s1. The minimum absolute atomic E-state index is 0.00853. The van der Waals surface area contributed by atoms with Crippen LogP contribution >= 0.6 is 0 Å². The van der Waals surface area contributed by atoms with Gasteiger partial charge in [-0.15, -0.1) is 0 Å². The molecule has 7 heteroatoms. The number of ether oxygens (including phenoxy) is 1. The smallest absolute Gasteiger partial charge is 0.223 e. The first kappa shape index (κ1) is 13.9. The molecule has 2 fully saturated rings. The molecule has 4 heterocycles. The van der Waals surface area contributed by atoms with Crippen LogP contribution in [0.5, 0.6) is 0 Å². The molecular formula is C15H21N5O2. The summed E-state index contributed by atoms with van der Waals surface area (Å²) in [6, 6.07) is 0. The highest BCUT2D eigenvalue weighted by Gasteiger charge is 2.41. The summed E-state index contributed by atoms with van der Waals surface area (Å²) >= 11 is 0. The fourth-order valence-electron chi connectivity index (χ4n) is 3.56. The van der Waals surface area contributed by atoms with Crippen molar-refractivity contribution in [2.24, 2.45) is 13.0 Å². The Balaban J connectivity index is 1.39. The van der Waals surface area contributed by atoms with Gasteiger partial charge in [-0.3, -0.25) is 9.58 Å². The maximum atomic E-state index is 6.19. The van der Waals surface area contributed by atoms with E-state index >= 15 is 0 Å². The average Bonchev–Trinajstić information content (AvgIpc) is 3.18.